The van der Waals surface area contributed by atoms with Crippen LogP contribution in [0.1, 0.15) is 61.3 Å². The quantitative estimate of drug-likeness (QED) is 0.795. The van der Waals surface area contributed by atoms with E-state index in [1.165, 1.54) is 24.2 Å². The smallest absolute Gasteiger partial charge is 0.164 e. The highest BCUT2D eigenvalue weighted by Gasteiger charge is 2.46. The first-order chi connectivity index (χ1) is 8.53. The molecule has 1 heterocycles. The van der Waals surface area contributed by atoms with E-state index in [2.05, 4.69) is 31.4 Å². The highest BCUT2D eigenvalue weighted by atomic mass is 16.1. The number of carbonyl (C=O) groups is 1. The van der Waals surface area contributed by atoms with Gasteiger partial charge in [-0.2, -0.15) is 0 Å². The lowest BCUT2D eigenvalue weighted by molar-refractivity contribution is 0.0971. The second-order valence-electron chi connectivity index (χ2n) is 6.53. The first-order valence-corrected chi connectivity index (χ1v) is 7.26. The number of fused-ring (bicyclic) bond motifs is 1. The summed E-state index contributed by atoms with van der Waals surface area (Å²) in [4.78, 5) is 12.0. The Hall–Kier alpha value is -1.05. The minimum Gasteiger partial charge on any atom is -0.348 e. The molecule has 2 nitrogen and oxygen atoms in total. The summed E-state index contributed by atoms with van der Waals surface area (Å²) in [6.45, 7) is 7.95. The Bertz CT molecular complexity index is 491. The van der Waals surface area contributed by atoms with E-state index < -0.39 is 0 Å². The van der Waals surface area contributed by atoms with Crippen molar-refractivity contribution in [2.24, 2.45) is 11.3 Å². The third-order valence-corrected chi connectivity index (χ3v) is 5.12. The third kappa shape index (κ3) is 1.73. The molecule has 2 heteroatoms. The number of nitrogens with zero attached hydrogens (tertiary/aromatic N) is 1. The van der Waals surface area contributed by atoms with Gasteiger partial charge < -0.3 is 4.57 Å². The minimum absolute atomic E-state index is 0.354. The second-order valence-corrected chi connectivity index (χ2v) is 6.53. The molecule has 0 radical (unpaired) electrons. The number of hydrogen-bond acceptors (Lipinski definition) is 1. The largest absolute Gasteiger partial charge is 0.348 e. The lowest BCUT2D eigenvalue weighted by Gasteiger charge is -2.24. The summed E-state index contributed by atoms with van der Waals surface area (Å²) in [7, 11) is 0. The zero-order chi connectivity index (χ0) is 12.9. The highest BCUT2D eigenvalue weighted by molar-refractivity contribution is 5.98. The van der Waals surface area contributed by atoms with Gasteiger partial charge in [0.25, 0.3) is 0 Å². The van der Waals surface area contributed by atoms with Gasteiger partial charge in [0.15, 0.2) is 5.78 Å². The SMILES string of the molecule is Cc1cc2c(n1CC1(C(C)C)CC1)CCCC2=O. The summed E-state index contributed by atoms with van der Waals surface area (Å²) < 4.78 is 2.44. The number of aryl methyl sites for hydroxylation is 1. The van der Waals surface area contributed by atoms with Crippen LogP contribution in [-0.2, 0) is 13.0 Å². The first kappa shape index (κ1) is 12.0. The fourth-order valence-corrected chi connectivity index (χ4v) is 3.40. The van der Waals surface area contributed by atoms with E-state index in [-0.39, 0.29) is 0 Å². The third-order valence-electron chi connectivity index (χ3n) is 5.12. The van der Waals surface area contributed by atoms with E-state index in [0.29, 0.717) is 11.2 Å². The Morgan fingerprint density at radius 2 is 2.06 bits per heavy atom. The molecule has 3 rings (SSSR count). The zero-order valence-electron chi connectivity index (χ0n) is 11.8. The normalized spacial score (nSPS) is 21.2. The molecule has 1 aromatic rings. The molecule has 18 heavy (non-hydrogen) atoms. The van der Waals surface area contributed by atoms with Crippen molar-refractivity contribution in [3.63, 3.8) is 0 Å². The summed E-state index contributed by atoms with van der Waals surface area (Å²) in [5.74, 6) is 1.10. The number of aromatic nitrogens is 1. The van der Waals surface area contributed by atoms with Crippen LogP contribution in [0.3, 0.4) is 0 Å². The molecule has 0 spiro atoms. The van der Waals surface area contributed by atoms with Gasteiger partial charge in [-0.15, -0.1) is 0 Å². The maximum Gasteiger partial charge on any atom is 0.164 e. The fraction of sp³-hybridized carbons (Fsp3) is 0.688. The van der Waals surface area contributed by atoms with E-state index in [4.69, 9.17) is 0 Å². The summed E-state index contributed by atoms with van der Waals surface area (Å²) in [5, 5.41) is 0. The van der Waals surface area contributed by atoms with Crippen molar-refractivity contribution >= 4 is 5.78 Å². The average molecular weight is 245 g/mol. The van der Waals surface area contributed by atoms with Crippen molar-refractivity contribution in [3.8, 4) is 0 Å². The van der Waals surface area contributed by atoms with Crippen LogP contribution in [0.5, 0.6) is 0 Å². The van der Waals surface area contributed by atoms with Gasteiger partial charge in [0.05, 0.1) is 0 Å². The van der Waals surface area contributed by atoms with E-state index in [1.54, 1.807) is 0 Å². The van der Waals surface area contributed by atoms with Crippen molar-refractivity contribution in [2.75, 3.05) is 0 Å². The van der Waals surface area contributed by atoms with Crippen molar-refractivity contribution in [1.29, 1.82) is 0 Å². The van der Waals surface area contributed by atoms with Gasteiger partial charge in [0, 0.05) is 29.9 Å². The maximum atomic E-state index is 12.0. The number of ketones is 1. The summed E-state index contributed by atoms with van der Waals surface area (Å²) in [6.07, 6.45) is 5.56. The molecule has 98 valence electrons. The number of rotatable bonds is 3. The molecule has 0 bridgehead atoms. The maximum absolute atomic E-state index is 12.0. The Labute approximate surface area is 109 Å². The summed E-state index contributed by atoms with van der Waals surface area (Å²) in [6, 6.07) is 2.12. The second kappa shape index (κ2) is 3.97. The molecule has 0 saturated heterocycles. The van der Waals surface area contributed by atoms with E-state index in [9.17, 15) is 4.79 Å². The predicted octanol–water partition coefficient (Wildman–Crippen LogP) is 3.75. The summed E-state index contributed by atoms with van der Waals surface area (Å²) >= 11 is 0. The van der Waals surface area contributed by atoms with Gasteiger partial charge in [-0.25, -0.2) is 0 Å². The van der Waals surface area contributed by atoms with Crippen molar-refractivity contribution in [3.05, 3.63) is 23.0 Å². The lowest BCUT2D eigenvalue weighted by Crippen LogP contribution is -2.21. The molecule has 0 amide bonds. The molecule has 0 aliphatic heterocycles. The van der Waals surface area contributed by atoms with E-state index in [1.807, 2.05) is 0 Å². The Balaban J connectivity index is 1.95. The van der Waals surface area contributed by atoms with Crippen LogP contribution >= 0.6 is 0 Å². The van der Waals surface area contributed by atoms with Crippen LogP contribution in [0.15, 0.2) is 6.07 Å². The number of hydrogen-bond donors (Lipinski definition) is 0. The van der Waals surface area contributed by atoms with Gasteiger partial charge in [0.2, 0.25) is 0 Å². The van der Waals surface area contributed by atoms with Crippen LogP contribution in [0.25, 0.3) is 0 Å². The molecule has 0 unspecified atom stereocenters. The Morgan fingerprint density at radius 1 is 1.33 bits per heavy atom. The molecular weight excluding hydrogens is 222 g/mol. The number of carbonyl (C=O) groups excluding carboxylic acids is 1. The molecule has 2 aliphatic rings. The molecule has 1 aromatic heterocycles. The zero-order valence-corrected chi connectivity index (χ0v) is 11.8. The minimum atomic E-state index is 0.354. The molecule has 0 aromatic carbocycles. The van der Waals surface area contributed by atoms with Crippen LogP contribution < -0.4 is 0 Å². The van der Waals surface area contributed by atoms with Gasteiger partial charge >= 0.3 is 0 Å². The van der Waals surface area contributed by atoms with Crippen LogP contribution in [0.2, 0.25) is 0 Å². The van der Waals surface area contributed by atoms with Gasteiger partial charge in [-0.05, 0) is 50.0 Å². The standard InChI is InChI=1S/C16H23NO/c1-11(2)16(7-8-16)10-17-12(3)9-13-14(17)5-4-6-15(13)18/h9,11H,4-8,10H2,1-3H3. The first-order valence-electron chi connectivity index (χ1n) is 7.26. The molecule has 0 atom stereocenters. The fourth-order valence-electron chi connectivity index (χ4n) is 3.40. The van der Waals surface area contributed by atoms with Crippen LogP contribution in [0.4, 0.5) is 0 Å². The van der Waals surface area contributed by atoms with Crippen molar-refractivity contribution < 1.29 is 4.79 Å². The summed E-state index contributed by atoms with van der Waals surface area (Å²) in [5.41, 5.74) is 4.12. The molecule has 2 aliphatic carbocycles. The molecule has 1 fully saturated rings. The van der Waals surface area contributed by atoms with Crippen molar-refractivity contribution in [1.82, 2.24) is 4.57 Å². The molecule has 0 N–H and O–H groups in total. The molecule has 1 saturated carbocycles. The van der Waals surface area contributed by atoms with Crippen LogP contribution in [-0.4, -0.2) is 10.4 Å². The lowest BCUT2D eigenvalue weighted by atomic mass is 9.91. The number of Topliss-reactive ketones (excluding diaryl/α,β-unsaturated/α-hetero) is 1. The van der Waals surface area contributed by atoms with Crippen molar-refractivity contribution in [2.45, 2.75) is 59.4 Å². The Morgan fingerprint density at radius 3 is 2.67 bits per heavy atom. The van der Waals surface area contributed by atoms with Crippen LogP contribution in [0, 0.1) is 18.3 Å². The van der Waals surface area contributed by atoms with Gasteiger partial charge in [-0.1, -0.05) is 13.8 Å². The topological polar surface area (TPSA) is 22.0 Å². The van der Waals surface area contributed by atoms with E-state index in [0.717, 1.165) is 37.3 Å². The molecular formula is C16H23NO. The predicted molar refractivity (Wildman–Crippen MR) is 72.9 cm³/mol. The Kier molecular flexibility index (Phi) is 2.65. The van der Waals surface area contributed by atoms with Gasteiger partial charge in [-0.3, -0.25) is 4.79 Å². The van der Waals surface area contributed by atoms with Gasteiger partial charge in [0.1, 0.15) is 0 Å². The van der Waals surface area contributed by atoms with E-state index >= 15 is 0 Å². The highest BCUT2D eigenvalue weighted by Crippen LogP contribution is 2.53. The monoisotopic (exact) mass is 245 g/mol. The average Bonchev–Trinajstić information content (AvgIpc) is 3.03.